The van der Waals surface area contributed by atoms with E-state index in [4.69, 9.17) is 0 Å². The molecule has 7 heteroatoms. The minimum Gasteiger partial charge on any atom is -0.324 e. The maximum atomic E-state index is 12.3. The zero-order valence-corrected chi connectivity index (χ0v) is 13.8. The number of nitrogens with zero attached hydrogens (tertiary/aromatic N) is 2. The molecule has 0 aliphatic rings. The Morgan fingerprint density at radius 3 is 2.48 bits per heavy atom. The molecule has 5 nitrogen and oxygen atoms in total. The minimum absolute atomic E-state index is 0. The van der Waals surface area contributed by atoms with Gasteiger partial charge in [-0.15, -0.1) is 24.2 Å². The predicted molar refractivity (Wildman–Crippen MR) is 89.1 cm³/mol. The number of aromatic nitrogens is 2. The number of carbonyl (C=O) groups is 1. The summed E-state index contributed by atoms with van der Waals surface area (Å²) in [5.41, 5.74) is 1.63. The van der Waals surface area contributed by atoms with E-state index in [9.17, 15) is 4.79 Å². The van der Waals surface area contributed by atoms with Crippen molar-refractivity contribution in [1.29, 1.82) is 0 Å². The van der Waals surface area contributed by atoms with Crippen LogP contribution in [-0.4, -0.2) is 29.0 Å². The number of benzene rings is 1. The molecular formula is C14H19ClN4OS. The number of hydrogen-bond donors (Lipinski definition) is 2. The molecule has 0 saturated carbocycles. The first-order valence-corrected chi connectivity index (χ1v) is 7.47. The highest BCUT2D eigenvalue weighted by atomic mass is 35.5. The van der Waals surface area contributed by atoms with E-state index < -0.39 is 6.04 Å². The van der Waals surface area contributed by atoms with Crippen LogP contribution in [0.15, 0.2) is 41.6 Å². The predicted octanol–water partition coefficient (Wildman–Crippen LogP) is 2.46. The molecule has 2 aromatic rings. The Labute approximate surface area is 134 Å². The molecule has 1 aromatic heterocycles. The molecule has 2 rings (SSSR count). The molecule has 1 heterocycles. The van der Waals surface area contributed by atoms with Crippen molar-refractivity contribution in [2.24, 2.45) is 7.05 Å². The molecule has 0 aliphatic heterocycles. The second-order valence-electron chi connectivity index (χ2n) is 4.39. The van der Waals surface area contributed by atoms with Gasteiger partial charge in [0.25, 0.3) is 0 Å². The largest absolute Gasteiger partial charge is 0.324 e. The van der Waals surface area contributed by atoms with Crippen LogP contribution in [0.1, 0.15) is 11.6 Å². The lowest BCUT2D eigenvalue weighted by Crippen LogP contribution is -2.30. The van der Waals surface area contributed by atoms with Crippen LogP contribution in [0.5, 0.6) is 0 Å². The summed E-state index contributed by atoms with van der Waals surface area (Å²) >= 11 is 1.67. The molecule has 0 spiro atoms. The van der Waals surface area contributed by atoms with Gasteiger partial charge in [-0.3, -0.25) is 9.48 Å². The van der Waals surface area contributed by atoms with Gasteiger partial charge < -0.3 is 10.6 Å². The molecule has 0 fully saturated rings. The van der Waals surface area contributed by atoms with Crippen LogP contribution in [0.2, 0.25) is 0 Å². The van der Waals surface area contributed by atoms with Gasteiger partial charge in [0.1, 0.15) is 6.04 Å². The Morgan fingerprint density at radius 2 is 2.00 bits per heavy atom. The molecule has 1 atom stereocenters. The average Bonchev–Trinajstić information content (AvgIpc) is 2.87. The third-order valence-electron chi connectivity index (χ3n) is 2.97. The fourth-order valence-electron chi connectivity index (χ4n) is 1.93. The number of anilines is 1. The van der Waals surface area contributed by atoms with E-state index in [2.05, 4.69) is 15.7 Å². The van der Waals surface area contributed by atoms with E-state index in [1.807, 2.05) is 43.8 Å². The van der Waals surface area contributed by atoms with Crippen LogP contribution in [0.25, 0.3) is 0 Å². The quantitative estimate of drug-likeness (QED) is 0.829. The monoisotopic (exact) mass is 326 g/mol. The van der Waals surface area contributed by atoms with Crippen LogP contribution in [0.4, 0.5) is 5.69 Å². The Hall–Kier alpha value is -1.50. The normalized spacial score (nSPS) is 11.6. The molecule has 0 aliphatic carbocycles. The van der Waals surface area contributed by atoms with Gasteiger partial charge in [-0.1, -0.05) is 0 Å². The Morgan fingerprint density at radius 1 is 1.33 bits per heavy atom. The topological polar surface area (TPSA) is 59.0 Å². The molecular weight excluding hydrogens is 308 g/mol. The number of amides is 1. The maximum absolute atomic E-state index is 12.3. The first kappa shape index (κ1) is 17.6. The lowest BCUT2D eigenvalue weighted by atomic mass is 10.1. The van der Waals surface area contributed by atoms with Crippen molar-refractivity contribution in [2.45, 2.75) is 10.9 Å². The van der Waals surface area contributed by atoms with Crippen LogP contribution in [-0.2, 0) is 11.8 Å². The van der Waals surface area contributed by atoms with Gasteiger partial charge in [0.05, 0.1) is 6.20 Å². The molecule has 1 aromatic carbocycles. The van der Waals surface area contributed by atoms with Crippen molar-refractivity contribution < 1.29 is 4.79 Å². The molecule has 1 amide bonds. The van der Waals surface area contributed by atoms with E-state index in [0.29, 0.717) is 0 Å². The van der Waals surface area contributed by atoms with Gasteiger partial charge in [0, 0.05) is 29.4 Å². The molecule has 0 radical (unpaired) electrons. The fraction of sp³-hybridized carbons (Fsp3) is 0.286. The van der Waals surface area contributed by atoms with E-state index >= 15 is 0 Å². The highest BCUT2D eigenvalue weighted by Crippen LogP contribution is 2.19. The fourth-order valence-corrected chi connectivity index (χ4v) is 2.34. The Balaban J connectivity index is 0.00000220. The van der Waals surface area contributed by atoms with Gasteiger partial charge in [-0.2, -0.15) is 5.10 Å². The zero-order valence-electron chi connectivity index (χ0n) is 12.2. The van der Waals surface area contributed by atoms with Crippen molar-refractivity contribution >= 4 is 35.8 Å². The van der Waals surface area contributed by atoms with Gasteiger partial charge in [-0.25, -0.2) is 0 Å². The van der Waals surface area contributed by atoms with Gasteiger partial charge >= 0.3 is 0 Å². The molecule has 2 N–H and O–H groups in total. The number of rotatable bonds is 5. The van der Waals surface area contributed by atoms with E-state index in [-0.39, 0.29) is 18.3 Å². The smallest absolute Gasteiger partial charge is 0.246 e. The van der Waals surface area contributed by atoms with E-state index in [0.717, 1.165) is 11.3 Å². The molecule has 21 heavy (non-hydrogen) atoms. The summed E-state index contributed by atoms with van der Waals surface area (Å²) in [6.45, 7) is 0. The third kappa shape index (κ3) is 4.49. The summed E-state index contributed by atoms with van der Waals surface area (Å²) in [5.74, 6) is -0.0996. The molecule has 0 saturated heterocycles. The highest BCUT2D eigenvalue weighted by Gasteiger charge is 2.20. The van der Waals surface area contributed by atoms with Crippen LogP contribution < -0.4 is 10.6 Å². The summed E-state index contributed by atoms with van der Waals surface area (Å²) in [6.07, 6.45) is 5.54. The second kappa shape index (κ2) is 8.07. The van der Waals surface area contributed by atoms with Crippen molar-refractivity contribution in [1.82, 2.24) is 15.1 Å². The summed E-state index contributed by atoms with van der Waals surface area (Å²) in [7, 11) is 3.59. The molecule has 1 unspecified atom stereocenters. The lowest BCUT2D eigenvalue weighted by Gasteiger charge is -2.14. The van der Waals surface area contributed by atoms with Gasteiger partial charge in [-0.05, 0) is 37.6 Å². The zero-order chi connectivity index (χ0) is 14.5. The standard InChI is InChI=1S/C14H18N4OS.ClH/c1-15-13(10-8-16-18(2)9-10)14(19)17-11-4-6-12(20-3)7-5-11;/h4-9,13,15H,1-3H3,(H,17,19);1H. The number of thioether (sulfide) groups is 1. The maximum Gasteiger partial charge on any atom is 0.246 e. The van der Waals surface area contributed by atoms with E-state index in [1.54, 1.807) is 29.7 Å². The molecule has 114 valence electrons. The Kier molecular flexibility index (Phi) is 6.74. The SMILES string of the molecule is CNC(C(=O)Nc1ccc(SC)cc1)c1cnn(C)c1.Cl. The highest BCUT2D eigenvalue weighted by molar-refractivity contribution is 7.98. The van der Waals surface area contributed by atoms with Crippen LogP contribution in [0.3, 0.4) is 0 Å². The van der Waals surface area contributed by atoms with Gasteiger partial charge in [0.2, 0.25) is 5.91 Å². The summed E-state index contributed by atoms with van der Waals surface area (Å²) < 4.78 is 1.68. The Bertz CT molecular complexity index is 585. The third-order valence-corrected chi connectivity index (χ3v) is 3.71. The average molecular weight is 327 g/mol. The molecule has 0 bridgehead atoms. The number of halogens is 1. The second-order valence-corrected chi connectivity index (χ2v) is 5.27. The van der Waals surface area contributed by atoms with Crippen LogP contribution in [0, 0.1) is 0 Å². The lowest BCUT2D eigenvalue weighted by molar-refractivity contribution is -0.118. The summed E-state index contributed by atoms with van der Waals surface area (Å²) in [4.78, 5) is 13.5. The first-order chi connectivity index (χ1) is 9.63. The van der Waals surface area contributed by atoms with Crippen LogP contribution >= 0.6 is 24.2 Å². The first-order valence-electron chi connectivity index (χ1n) is 6.24. The number of hydrogen-bond acceptors (Lipinski definition) is 4. The van der Waals surface area contributed by atoms with Crippen molar-refractivity contribution in [3.8, 4) is 0 Å². The van der Waals surface area contributed by atoms with Gasteiger partial charge in [0.15, 0.2) is 0 Å². The van der Waals surface area contributed by atoms with Crippen molar-refractivity contribution in [3.05, 3.63) is 42.2 Å². The summed E-state index contributed by atoms with van der Waals surface area (Å²) in [6, 6.07) is 7.36. The number of likely N-dealkylation sites (N-methyl/N-ethyl adjacent to an activating group) is 1. The van der Waals surface area contributed by atoms with Crippen molar-refractivity contribution in [3.63, 3.8) is 0 Å². The summed E-state index contributed by atoms with van der Waals surface area (Å²) in [5, 5.41) is 10.0. The number of aryl methyl sites for hydroxylation is 1. The van der Waals surface area contributed by atoms with E-state index in [1.165, 1.54) is 4.90 Å². The van der Waals surface area contributed by atoms with Crippen molar-refractivity contribution in [2.75, 3.05) is 18.6 Å². The minimum atomic E-state index is -0.413. The number of nitrogens with one attached hydrogen (secondary N) is 2. The number of carbonyl (C=O) groups excluding carboxylic acids is 1.